The second-order valence-corrected chi connectivity index (χ2v) is 7.59. The Hall–Kier alpha value is -3.87. The van der Waals surface area contributed by atoms with Crippen LogP contribution < -0.4 is 5.69 Å². The molecule has 2 aromatic heterocycles. The molecule has 0 aliphatic carbocycles. The quantitative estimate of drug-likeness (QED) is 0.429. The Morgan fingerprint density at radius 1 is 1.06 bits per heavy atom. The summed E-state index contributed by atoms with van der Waals surface area (Å²) in [6.45, 7) is 0.976. The molecule has 0 saturated heterocycles. The third-order valence-corrected chi connectivity index (χ3v) is 5.47. The lowest BCUT2D eigenvalue weighted by atomic mass is 9.86. The fraction of sp³-hybridized carbons (Fsp3) is 0.238. The van der Waals surface area contributed by atoms with Gasteiger partial charge in [-0.25, -0.2) is 32.5 Å². The molecular formula is C21H17F5N6O2. The van der Waals surface area contributed by atoms with Crippen molar-refractivity contribution < 1.29 is 27.1 Å². The first-order valence-corrected chi connectivity index (χ1v) is 9.85. The summed E-state index contributed by atoms with van der Waals surface area (Å²) in [5.74, 6) is -1.94. The molecule has 0 aliphatic rings. The van der Waals surface area contributed by atoms with Crippen LogP contribution in [0.2, 0.25) is 0 Å². The van der Waals surface area contributed by atoms with Gasteiger partial charge in [0.2, 0.25) is 0 Å². The maximum absolute atomic E-state index is 14.7. The molecule has 0 fully saturated rings. The molecule has 34 heavy (non-hydrogen) atoms. The Morgan fingerprint density at radius 2 is 1.82 bits per heavy atom. The number of halogens is 5. The molecule has 0 bridgehead atoms. The second-order valence-electron chi connectivity index (χ2n) is 7.59. The van der Waals surface area contributed by atoms with Gasteiger partial charge in [0.25, 0.3) is 0 Å². The molecule has 178 valence electrons. The van der Waals surface area contributed by atoms with Crippen molar-refractivity contribution in [1.29, 1.82) is 0 Å². The molecule has 0 saturated carbocycles. The fourth-order valence-corrected chi connectivity index (χ4v) is 3.64. The van der Waals surface area contributed by atoms with Gasteiger partial charge in [-0.3, -0.25) is 0 Å². The molecule has 4 rings (SSSR count). The third-order valence-electron chi connectivity index (χ3n) is 5.47. The highest BCUT2D eigenvalue weighted by atomic mass is 19.4. The molecule has 2 aromatic carbocycles. The van der Waals surface area contributed by atoms with Gasteiger partial charge in [0, 0.05) is 11.6 Å². The van der Waals surface area contributed by atoms with Gasteiger partial charge in [-0.1, -0.05) is 12.1 Å². The SMILES string of the molecule is C[C@@H](n1ncn(-c2cccc(C(F)(F)F)c2)c1=O)[C@](O)(Cn1cncn1)c1ccc(F)cc1F. The maximum Gasteiger partial charge on any atom is 0.416 e. The summed E-state index contributed by atoms with van der Waals surface area (Å²) in [4.78, 5) is 16.8. The molecule has 1 N–H and O–H groups in total. The summed E-state index contributed by atoms with van der Waals surface area (Å²) in [6, 6.07) is 5.35. The predicted molar refractivity (Wildman–Crippen MR) is 108 cm³/mol. The van der Waals surface area contributed by atoms with E-state index in [1.165, 1.54) is 30.3 Å². The Morgan fingerprint density at radius 3 is 2.47 bits per heavy atom. The average molecular weight is 480 g/mol. The molecule has 2 heterocycles. The maximum atomic E-state index is 14.7. The van der Waals surface area contributed by atoms with Crippen molar-refractivity contribution in [2.75, 3.05) is 0 Å². The van der Waals surface area contributed by atoms with Crippen LogP contribution in [0.1, 0.15) is 24.1 Å². The molecule has 13 heteroatoms. The van der Waals surface area contributed by atoms with E-state index < -0.39 is 40.7 Å². The van der Waals surface area contributed by atoms with Gasteiger partial charge in [-0.05, 0) is 31.2 Å². The van der Waals surface area contributed by atoms with Crippen molar-refractivity contribution in [3.05, 3.63) is 94.7 Å². The number of alkyl halides is 3. The van der Waals surface area contributed by atoms with E-state index in [4.69, 9.17) is 0 Å². The van der Waals surface area contributed by atoms with E-state index in [9.17, 15) is 31.9 Å². The van der Waals surface area contributed by atoms with E-state index in [1.54, 1.807) is 0 Å². The van der Waals surface area contributed by atoms with Crippen LogP contribution in [0.4, 0.5) is 22.0 Å². The van der Waals surface area contributed by atoms with Crippen molar-refractivity contribution in [3.63, 3.8) is 0 Å². The Kier molecular flexibility index (Phi) is 5.81. The standard InChI is InChI=1S/C21H17F5N6O2/c1-13(20(34,9-30-11-27-10-28-30)17-6-5-15(22)8-18(17)23)32-19(33)31(12-29-32)16-4-2-3-14(7-16)21(24,25)26/h2-8,10-13,34H,9H2,1H3/t13-,20-/m1/s1. The zero-order chi connectivity index (χ0) is 24.7. The molecule has 0 amide bonds. The summed E-state index contributed by atoms with van der Waals surface area (Å²) in [6.07, 6.45) is -1.20. The van der Waals surface area contributed by atoms with Crippen molar-refractivity contribution in [2.45, 2.75) is 31.3 Å². The van der Waals surface area contributed by atoms with Crippen molar-refractivity contribution in [1.82, 2.24) is 29.1 Å². The average Bonchev–Trinajstić information content (AvgIpc) is 3.42. The van der Waals surface area contributed by atoms with Gasteiger partial charge < -0.3 is 5.11 Å². The first-order valence-electron chi connectivity index (χ1n) is 9.85. The second kappa shape index (κ2) is 8.48. The van der Waals surface area contributed by atoms with Crippen LogP contribution in [0.25, 0.3) is 5.69 Å². The van der Waals surface area contributed by atoms with E-state index in [0.717, 1.165) is 45.9 Å². The van der Waals surface area contributed by atoms with E-state index in [1.807, 2.05) is 0 Å². The van der Waals surface area contributed by atoms with Gasteiger partial charge in [0.1, 0.15) is 36.2 Å². The van der Waals surface area contributed by atoms with Gasteiger partial charge >= 0.3 is 11.9 Å². The minimum atomic E-state index is -4.62. The summed E-state index contributed by atoms with van der Waals surface area (Å²) < 4.78 is 70.4. The summed E-state index contributed by atoms with van der Waals surface area (Å²) in [5, 5.41) is 19.4. The Balaban J connectivity index is 1.80. The largest absolute Gasteiger partial charge is 0.416 e. The normalized spacial score (nSPS) is 14.7. The minimum absolute atomic E-state index is 0.106. The van der Waals surface area contributed by atoms with Crippen molar-refractivity contribution >= 4 is 0 Å². The first-order chi connectivity index (χ1) is 16.0. The van der Waals surface area contributed by atoms with Gasteiger partial charge in [0.15, 0.2) is 0 Å². The lowest BCUT2D eigenvalue weighted by molar-refractivity contribution is -0.137. The number of aromatic nitrogens is 6. The number of benzene rings is 2. The van der Waals surface area contributed by atoms with E-state index in [2.05, 4.69) is 15.2 Å². The summed E-state index contributed by atoms with van der Waals surface area (Å²) in [7, 11) is 0. The Labute approximate surface area is 188 Å². The van der Waals surface area contributed by atoms with Crippen LogP contribution in [-0.2, 0) is 18.3 Å². The molecule has 8 nitrogen and oxygen atoms in total. The smallest absolute Gasteiger partial charge is 0.381 e. The number of hydrogen-bond acceptors (Lipinski definition) is 5. The number of hydrogen-bond donors (Lipinski definition) is 1. The summed E-state index contributed by atoms with van der Waals surface area (Å²) >= 11 is 0. The van der Waals surface area contributed by atoms with Gasteiger partial charge in [0.05, 0.1) is 23.8 Å². The van der Waals surface area contributed by atoms with Crippen molar-refractivity contribution in [3.8, 4) is 5.69 Å². The zero-order valence-electron chi connectivity index (χ0n) is 17.5. The lowest BCUT2D eigenvalue weighted by Gasteiger charge is -2.34. The molecule has 0 spiro atoms. The minimum Gasteiger partial charge on any atom is -0.381 e. The third kappa shape index (κ3) is 4.21. The zero-order valence-corrected chi connectivity index (χ0v) is 17.5. The molecule has 4 aromatic rings. The van der Waals surface area contributed by atoms with Crippen LogP contribution in [-0.4, -0.2) is 34.2 Å². The molecule has 2 atom stereocenters. The molecule has 0 radical (unpaired) electrons. The topological polar surface area (TPSA) is 90.8 Å². The van der Waals surface area contributed by atoms with Gasteiger partial charge in [-0.15, -0.1) is 0 Å². The highest BCUT2D eigenvalue weighted by Crippen LogP contribution is 2.36. The van der Waals surface area contributed by atoms with Gasteiger partial charge in [-0.2, -0.15) is 23.4 Å². The monoisotopic (exact) mass is 480 g/mol. The highest BCUT2D eigenvalue weighted by Gasteiger charge is 2.42. The van der Waals surface area contributed by atoms with Crippen molar-refractivity contribution in [2.24, 2.45) is 0 Å². The van der Waals surface area contributed by atoms with E-state index in [0.29, 0.717) is 6.07 Å². The van der Waals surface area contributed by atoms with Crippen LogP contribution in [0, 0.1) is 11.6 Å². The number of aliphatic hydroxyl groups is 1. The van der Waals surface area contributed by atoms with E-state index in [-0.39, 0.29) is 17.8 Å². The summed E-state index contributed by atoms with van der Waals surface area (Å²) in [5.41, 5.74) is -4.47. The molecule has 0 aliphatic heterocycles. The first kappa shape index (κ1) is 23.3. The molecule has 0 unspecified atom stereocenters. The Bertz CT molecular complexity index is 1360. The highest BCUT2D eigenvalue weighted by molar-refractivity contribution is 5.36. The van der Waals surface area contributed by atoms with Crippen LogP contribution in [0.5, 0.6) is 0 Å². The number of nitrogens with zero attached hydrogens (tertiary/aromatic N) is 6. The van der Waals surface area contributed by atoms with Crippen LogP contribution >= 0.6 is 0 Å². The predicted octanol–water partition coefficient (Wildman–Crippen LogP) is 3.07. The molecular weight excluding hydrogens is 463 g/mol. The van der Waals surface area contributed by atoms with E-state index >= 15 is 0 Å². The van der Waals surface area contributed by atoms with Crippen LogP contribution in [0.3, 0.4) is 0 Å². The lowest BCUT2D eigenvalue weighted by Crippen LogP contribution is -2.44. The van der Waals surface area contributed by atoms with Crippen LogP contribution in [0.15, 0.2) is 66.2 Å². The fourth-order valence-electron chi connectivity index (χ4n) is 3.64. The number of rotatable bonds is 6.